The average Bonchev–Trinajstić information content (AvgIpc) is 1.97. The molecule has 0 rings (SSSR count). The summed E-state index contributed by atoms with van der Waals surface area (Å²) in [7, 11) is 0. The van der Waals surface area contributed by atoms with Crippen molar-refractivity contribution in [1.29, 1.82) is 0 Å². The quantitative estimate of drug-likeness (QED) is 0.372. The molecule has 1 atom stereocenters. The van der Waals surface area contributed by atoms with Crippen LogP contribution in [0.25, 0.3) is 0 Å². The van der Waals surface area contributed by atoms with Crippen LogP contribution in [0, 0.1) is 11.8 Å². The van der Waals surface area contributed by atoms with Crippen LogP contribution in [0.1, 0.15) is 33.6 Å². The van der Waals surface area contributed by atoms with Crippen LogP contribution in [-0.2, 0) is 0 Å². The van der Waals surface area contributed by atoms with E-state index < -0.39 is 0 Å². The molecule has 0 aliphatic carbocycles. The largest absolute Gasteiger partial charge is 0.370 e. The molecule has 0 aromatic carbocycles. The topological polar surface area (TPSA) is 64.4 Å². The number of nitrogens with zero attached hydrogens (tertiary/aromatic N) is 1. The van der Waals surface area contributed by atoms with Gasteiger partial charge in [0, 0.05) is 6.54 Å². The van der Waals surface area contributed by atoms with Crippen molar-refractivity contribution in [3.8, 4) is 0 Å². The third-order valence-electron chi connectivity index (χ3n) is 2.25. The summed E-state index contributed by atoms with van der Waals surface area (Å²) in [5.41, 5.74) is 10.4. The lowest BCUT2D eigenvalue weighted by Crippen LogP contribution is -2.23. The molecular formula is C9H21N3. The van der Waals surface area contributed by atoms with Crippen LogP contribution in [0.5, 0.6) is 0 Å². The summed E-state index contributed by atoms with van der Waals surface area (Å²) in [4.78, 5) is 3.93. The molecule has 3 nitrogen and oxygen atoms in total. The number of hydrogen-bond donors (Lipinski definition) is 2. The fraction of sp³-hybridized carbons (Fsp3) is 0.889. The van der Waals surface area contributed by atoms with Crippen LogP contribution in [0.4, 0.5) is 0 Å². The summed E-state index contributed by atoms with van der Waals surface area (Å²) in [6, 6.07) is 0. The molecule has 3 heteroatoms. The van der Waals surface area contributed by atoms with E-state index in [9.17, 15) is 0 Å². The summed E-state index contributed by atoms with van der Waals surface area (Å²) < 4.78 is 0. The Labute approximate surface area is 75.2 Å². The molecule has 0 amide bonds. The third-order valence-corrected chi connectivity index (χ3v) is 2.25. The Morgan fingerprint density at radius 2 is 1.83 bits per heavy atom. The molecular weight excluding hydrogens is 150 g/mol. The minimum absolute atomic E-state index is 0.201. The highest BCUT2D eigenvalue weighted by atomic mass is 15.0. The van der Waals surface area contributed by atoms with Crippen molar-refractivity contribution in [1.82, 2.24) is 0 Å². The molecule has 72 valence electrons. The van der Waals surface area contributed by atoms with E-state index in [1.807, 2.05) is 0 Å². The standard InChI is InChI=1S/C9H21N3/c1-7(2)8(3)5-4-6-12-9(10)11/h7-8H,4-6H2,1-3H3,(H4,10,11,12). The second kappa shape index (κ2) is 5.86. The second-order valence-electron chi connectivity index (χ2n) is 3.67. The molecule has 0 saturated carbocycles. The van der Waals surface area contributed by atoms with Crippen LogP contribution in [0.15, 0.2) is 4.99 Å². The van der Waals surface area contributed by atoms with Gasteiger partial charge < -0.3 is 11.5 Å². The second-order valence-corrected chi connectivity index (χ2v) is 3.67. The number of hydrogen-bond acceptors (Lipinski definition) is 1. The number of rotatable bonds is 5. The lowest BCUT2D eigenvalue weighted by molar-refractivity contribution is 0.385. The molecule has 12 heavy (non-hydrogen) atoms. The van der Waals surface area contributed by atoms with Crippen molar-refractivity contribution >= 4 is 5.96 Å². The molecule has 0 heterocycles. The molecule has 0 aliphatic rings. The van der Waals surface area contributed by atoms with Crippen molar-refractivity contribution in [2.24, 2.45) is 28.3 Å². The van der Waals surface area contributed by atoms with Crippen LogP contribution in [-0.4, -0.2) is 12.5 Å². The van der Waals surface area contributed by atoms with E-state index in [0.717, 1.165) is 24.8 Å². The first-order chi connectivity index (χ1) is 5.54. The molecule has 0 radical (unpaired) electrons. The maximum absolute atomic E-state index is 5.20. The van der Waals surface area contributed by atoms with Crippen molar-refractivity contribution in [3.63, 3.8) is 0 Å². The minimum atomic E-state index is 0.201. The first kappa shape index (κ1) is 11.3. The number of guanidine groups is 1. The van der Waals surface area contributed by atoms with Gasteiger partial charge in [-0.1, -0.05) is 20.8 Å². The molecule has 0 aliphatic heterocycles. The number of nitrogens with two attached hydrogens (primary N) is 2. The van der Waals surface area contributed by atoms with Crippen LogP contribution >= 0.6 is 0 Å². The summed E-state index contributed by atoms with van der Waals surface area (Å²) in [6.07, 6.45) is 2.28. The highest BCUT2D eigenvalue weighted by molar-refractivity contribution is 5.75. The lowest BCUT2D eigenvalue weighted by atomic mass is 9.93. The maximum atomic E-state index is 5.20. The van der Waals surface area contributed by atoms with Gasteiger partial charge in [-0.15, -0.1) is 0 Å². The van der Waals surface area contributed by atoms with E-state index in [0.29, 0.717) is 0 Å². The molecule has 1 unspecified atom stereocenters. The highest BCUT2D eigenvalue weighted by Crippen LogP contribution is 2.15. The molecule has 0 bridgehead atoms. The fourth-order valence-corrected chi connectivity index (χ4v) is 0.955. The Hall–Kier alpha value is -0.730. The van der Waals surface area contributed by atoms with E-state index in [1.165, 1.54) is 6.42 Å². The van der Waals surface area contributed by atoms with Gasteiger partial charge in [-0.2, -0.15) is 0 Å². The molecule has 0 aromatic heterocycles. The predicted octanol–water partition coefficient (Wildman–Crippen LogP) is 1.33. The zero-order chi connectivity index (χ0) is 9.56. The van der Waals surface area contributed by atoms with Gasteiger partial charge in [0.2, 0.25) is 0 Å². The Kier molecular flexibility index (Phi) is 5.51. The van der Waals surface area contributed by atoms with Gasteiger partial charge in [0.25, 0.3) is 0 Å². The zero-order valence-electron chi connectivity index (χ0n) is 8.38. The maximum Gasteiger partial charge on any atom is 0.185 e. The molecule has 0 aromatic rings. The van der Waals surface area contributed by atoms with Gasteiger partial charge in [0.1, 0.15) is 0 Å². The van der Waals surface area contributed by atoms with Crippen LogP contribution < -0.4 is 11.5 Å². The fourth-order valence-electron chi connectivity index (χ4n) is 0.955. The smallest absolute Gasteiger partial charge is 0.185 e. The highest BCUT2D eigenvalue weighted by Gasteiger charge is 2.05. The zero-order valence-corrected chi connectivity index (χ0v) is 8.38. The first-order valence-electron chi connectivity index (χ1n) is 4.59. The lowest BCUT2D eigenvalue weighted by Gasteiger charge is -2.13. The van der Waals surface area contributed by atoms with E-state index in [4.69, 9.17) is 11.5 Å². The van der Waals surface area contributed by atoms with Crippen molar-refractivity contribution < 1.29 is 0 Å². The van der Waals surface area contributed by atoms with Gasteiger partial charge in [-0.05, 0) is 24.7 Å². The third kappa shape index (κ3) is 6.01. The van der Waals surface area contributed by atoms with Gasteiger partial charge in [0.05, 0.1) is 0 Å². The monoisotopic (exact) mass is 171 g/mol. The summed E-state index contributed by atoms with van der Waals surface area (Å²) >= 11 is 0. The normalized spacial score (nSPS) is 13.0. The van der Waals surface area contributed by atoms with Crippen molar-refractivity contribution in [3.05, 3.63) is 0 Å². The van der Waals surface area contributed by atoms with E-state index in [1.54, 1.807) is 0 Å². The summed E-state index contributed by atoms with van der Waals surface area (Å²) in [5.74, 6) is 1.72. The molecule has 4 N–H and O–H groups in total. The molecule has 0 saturated heterocycles. The first-order valence-corrected chi connectivity index (χ1v) is 4.59. The average molecular weight is 171 g/mol. The minimum Gasteiger partial charge on any atom is -0.370 e. The van der Waals surface area contributed by atoms with E-state index in [2.05, 4.69) is 25.8 Å². The van der Waals surface area contributed by atoms with Crippen molar-refractivity contribution in [2.75, 3.05) is 6.54 Å². The Morgan fingerprint density at radius 1 is 1.25 bits per heavy atom. The Morgan fingerprint density at radius 3 is 2.25 bits per heavy atom. The van der Waals surface area contributed by atoms with E-state index >= 15 is 0 Å². The van der Waals surface area contributed by atoms with Gasteiger partial charge in [-0.25, -0.2) is 0 Å². The van der Waals surface area contributed by atoms with Gasteiger partial charge in [0.15, 0.2) is 5.96 Å². The van der Waals surface area contributed by atoms with E-state index in [-0.39, 0.29) is 5.96 Å². The van der Waals surface area contributed by atoms with Crippen molar-refractivity contribution in [2.45, 2.75) is 33.6 Å². The van der Waals surface area contributed by atoms with Gasteiger partial charge >= 0.3 is 0 Å². The Balaban J connectivity index is 3.38. The number of aliphatic imine (C=N–C) groups is 1. The van der Waals surface area contributed by atoms with Gasteiger partial charge in [-0.3, -0.25) is 4.99 Å². The predicted molar refractivity (Wildman–Crippen MR) is 53.9 cm³/mol. The summed E-state index contributed by atoms with van der Waals surface area (Å²) in [5, 5.41) is 0. The summed E-state index contributed by atoms with van der Waals surface area (Å²) in [6.45, 7) is 7.51. The van der Waals surface area contributed by atoms with Crippen LogP contribution in [0.3, 0.4) is 0 Å². The molecule has 0 fully saturated rings. The van der Waals surface area contributed by atoms with Crippen LogP contribution in [0.2, 0.25) is 0 Å². The SMILES string of the molecule is CC(C)C(C)CCCN=C(N)N. The Bertz CT molecular complexity index is 137. The molecule has 0 spiro atoms.